The van der Waals surface area contributed by atoms with Gasteiger partial charge in [-0.15, -0.1) is 0 Å². The molecule has 0 radical (unpaired) electrons. The number of carbonyl (C=O) groups excluding carboxylic acids is 1. The van der Waals surface area contributed by atoms with Gasteiger partial charge < -0.3 is 4.74 Å². The lowest BCUT2D eigenvalue weighted by molar-refractivity contribution is 0.0596. The van der Waals surface area contributed by atoms with Gasteiger partial charge in [0.05, 0.1) is 18.2 Å². The summed E-state index contributed by atoms with van der Waals surface area (Å²) in [5.74, 6) is 0.426. The Balaban J connectivity index is 1.76. The van der Waals surface area contributed by atoms with Crippen LogP contribution in [0.15, 0.2) is 35.1 Å². The molecule has 144 valence electrons. The summed E-state index contributed by atoms with van der Waals surface area (Å²) < 4.78 is 6.82. The second-order valence-corrected chi connectivity index (χ2v) is 8.75. The van der Waals surface area contributed by atoms with Crippen LogP contribution >= 0.6 is 0 Å². The van der Waals surface area contributed by atoms with Gasteiger partial charge in [-0.25, -0.2) is 4.79 Å². The molecular weight excluding hydrogens is 352 g/mol. The molecule has 4 atom stereocenters. The lowest BCUT2D eigenvalue weighted by atomic mass is 9.60. The van der Waals surface area contributed by atoms with Crippen molar-refractivity contribution < 1.29 is 9.53 Å². The summed E-state index contributed by atoms with van der Waals surface area (Å²) in [6.45, 7) is 4.45. The highest BCUT2D eigenvalue weighted by Crippen LogP contribution is 2.61. The van der Waals surface area contributed by atoms with Crippen molar-refractivity contribution in [2.45, 2.75) is 43.6 Å². The molecule has 4 aliphatic rings. The average Bonchev–Trinajstić information content (AvgIpc) is 3.27. The Morgan fingerprint density at radius 1 is 1.32 bits per heavy atom. The van der Waals surface area contributed by atoms with Crippen LogP contribution in [0.25, 0.3) is 5.69 Å². The first-order valence-corrected chi connectivity index (χ1v) is 10.3. The number of piperidine rings is 1. The topological polar surface area (TPSA) is 51.5 Å². The molecule has 0 amide bonds. The fourth-order valence-corrected chi connectivity index (χ4v) is 6.81. The molecular formula is C23H24N2O3. The number of para-hydroxylation sites is 1. The number of aromatic nitrogens is 1. The summed E-state index contributed by atoms with van der Waals surface area (Å²) in [6, 6.07) is 10.6. The highest BCUT2D eigenvalue weighted by atomic mass is 16.5. The van der Waals surface area contributed by atoms with Gasteiger partial charge in [0.25, 0.3) is 5.56 Å². The maximum absolute atomic E-state index is 13.5. The molecule has 28 heavy (non-hydrogen) atoms. The van der Waals surface area contributed by atoms with Gasteiger partial charge in [0.2, 0.25) is 0 Å². The van der Waals surface area contributed by atoms with E-state index >= 15 is 0 Å². The number of hydrogen-bond acceptors (Lipinski definition) is 4. The van der Waals surface area contributed by atoms with E-state index in [1.807, 2.05) is 22.8 Å². The fraction of sp³-hybridized carbons (Fsp3) is 0.478. The Hall–Kier alpha value is -2.40. The Morgan fingerprint density at radius 3 is 2.93 bits per heavy atom. The number of benzene rings is 1. The summed E-state index contributed by atoms with van der Waals surface area (Å²) >= 11 is 0. The van der Waals surface area contributed by atoms with Gasteiger partial charge in [-0.05, 0) is 54.5 Å². The largest absolute Gasteiger partial charge is 0.465 e. The van der Waals surface area contributed by atoms with E-state index in [1.165, 1.54) is 18.2 Å². The first-order valence-electron chi connectivity index (χ1n) is 10.3. The average molecular weight is 376 g/mol. The van der Waals surface area contributed by atoms with E-state index in [2.05, 4.69) is 24.0 Å². The number of ether oxygens (including phenoxy) is 1. The number of esters is 1. The van der Waals surface area contributed by atoms with Gasteiger partial charge >= 0.3 is 5.97 Å². The van der Waals surface area contributed by atoms with Gasteiger partial charge in [-0.2, -0.15) is 0 Å². The lowest BCUT2D eigenvalue weighted by Crippen LogP contribution is -2.54. The monoisotopic (exact) mass is 376 g/mol. The van der Waals surface area contributed by atoms with E-state index in [1.54, 1.807) is 0 Å². The first kappa shape index (κ1) is 16.5. The Morgan fingerprint density at radius 2 is 2.14 bits per heavy atom. The minimum absolute atomic E-state index is 0.116. The quantitative estimate of drug-likeness (QED) is 0.757. The first-order chi connectivity index (χ1) is 13.6. The third kappa shape index (κ3) is 1.68. The van der Waals surface area contributed by atoms with Crippen molar-refractivity contribution in [2.75, 3.05) is 20.2 Å². The molecule has 1 aromatic carbocycles. The Kier molecular flexibility index (Phi) is 3.16. The number of hydrogen-bond donors (Lipinski definition) is 0. The van der Waals surface area contributed by atoms with Crippen LogP contribution in [0.2, 0.25) is 0 Å². The van der Waals surface area contributed by atoms with Crippen LogP contribution in [-0.4, -0.2) is 41.7 Å². The highest BCUT2D eigenvalue weighted by molar-refractivity contribution is 5.89. The van der Waals surface area contributed by atoms with Crippen LogP contribution in [0.4, 0.5) is 0 Å². The van der Waals surface area contributed by atoms with Crippen molar-refractivity contribution in [1.29, 1.82) is 0 Å². The molecule has 3 aliphatic heterocycles. The van der Waals surface area contributed by atoms with Crippen molar-refractivity contribution >= 4 is 5.97 Å². The Bertz CT molecular complexity index is 1090. The van der Waals surface area contributed by atoms with Crippen LogP contribution in [0.3, 0.4) is 0 Å². The molecule has 1 aliphatic carbocycles. The predicted molar refractivity (Wildman–Crippen MR) is 105 cm³/mol. The zero-order chi connectivity index (χ0) is 19.2. The number of methoxy groups -OCH3 is 1. The van der Waals surface area contributed by atoms with Crippen molar-refractivity contribution in [2.24, 2.45) is 5.92 Å². The third-order valence-electron chi connectivity index (χ3n) is 7.93. The van der Waals surface area contributed by atoms with E-state index in [-0.39, 0.29) is 16.5 Å². The van der Waals surface area contributed by atoms with Crippen molar-refractivity contribution in [1.82, 2.24) is 9.47 Å². The summed E-state index contributed by atoms with van der Waals surface area (Å²) in [7, 11) is 1.35. The maximum Gasteiger partial charge on any atom is 0.343 e. The van der Waals surface area contributed by atoms with Crippen LogP contribution in [0.1, 0.15) is 59.3 Å². The van der Waals surface area contributed by atoms with Crippen molar-refractivity contribution in [3.8, 4) is 5.69 Å². The number of rotatable bonds is 2. The van der Waals surface area contributed by atoms with Crippen LogP contribution in [0, 0.1) is 5.92 Å². The highest BCUT2D eigenvalue weighted by Gasteiger charge is 2.62. The zero-order valence-electron chi connectivity index (χ0n) is 16.3. The minimum atomic E-state index is -0.533. The van der Waals surface area contributed by atoms with E-state index in [0.717, 1.165) is 43.7 Å². The lowest BCUT2D eigenvalue weighted by Gasteiger charge is -2.50. The number of nitrogens with zero attached hydrogens (tertiary/aromatic N) is 2. The van der Waals surface area contributed by atoms with Crippen LogP contribution < -0.4 is 5.56 Å². The fourth-order valence-electron chi connectivity index (χ4n) is 6.81. The zero-order valence-corrected chi connectivity index (χ0v) is 16.3. The summed E-state index contributed by atoms with van der Waals surface area (Å²) in [6.07, 6.45) is 3.26. The van der Waals surface area contributed by atoms with Gasteiger partial charge in [-0.1, -0.05) is 31.5 Å². The predicted octanol–water partition coefficient (Wildman–Crippen LogP) is 2.83. The second kappa shape index (κ2) is 5.35. The molecule has 2 saturated heterocycles. The molecule has 0 N–H and O–H groups in total. The van der Waals surface area contributed by atoms with Crippen LogP contribution in [-0.2, 0) is 10.2 Å². The minimum Gasteiger partial charge on any atom is -0.465 e. The van der Waals surface area contributed by atoms with Gasteiger partial charge in [0, 0.05) is 18.3 Å². The van der Waals surface area contributed by atoms with Gasteiger partial charge in [0.15, 0.2) is 0 Å². The molecule has 1 spiro atoms. The molecule has 1 aromatic heterocycles. The SMILES string of the molecule is CC[C@@H]1CN2CC[C@@]34c5ccccc5-n5c3c(cc(C(=O)OC)c5=O)[C@@H]1C[C@@H]24. The van der Waals surface area contributed by atoms with Crippen molar-refractivity contribution in [3.05, 3.63) is 63.1 Å². The molecule has 2 aromatic rings. The molecule has 2 bridgehead atoms. The summed E-state index contributed by atoms with van der Waals surface area (Å²) in [4.78, 5) is 28.6. The molecule has 0 saturated carbocycles. The summed E-state index contributed by atoms with van der Waals surface area (Å²) in [5, 5.41) is 0. The second-order valence-electron chi connectivity index (χ2n) is 8.75. The molecule has 5 heteroatoms. The smallest absolute Gasteiger partial charge is 0.343 e. The molecule has 5 nitrogen and oxygen atoms in total. The molecule has 4 heterocycles. The molecule has 2 fully saturated rings. The van der Waals surface area contributed by atoms with Crippen molar-refractivity contribution in [3.63, 3.8) is 0 Å². The van der Waals surface area contributed by atoms with E-state index in [9.17, 15) is 9.59 Å². The Labute approximate surface area is 163 Å². The van der Waals surface area contributed by atoms with Gasteiger partial charge in [0.1, 0.15) is 5.56 Å². The van der Waals surface area contributed by atoms with E-state index in [4.69, 9.17) is 4.74 Å². The van der Waals surface area contributed by atoms with Crippen LogP contribution in [0.5, 0.6) is 0 Å². The number of pyridine rings is 1. The van der Waals surface area contributed by atoms with Gasteiger partial charge in [-0.3, -0.25) is 14.3 Å². The maximum atomic E-state index is 13.5. The third-order valence-corrected chi connectivity index (χ3v) is 7.93. The standard InChI is InChI=1S/C23H24N2O3/c1-3-13-12-24-9-8-23-17-6-4-5-7-18(17)25-20(23)15(14(13)11-19(23)24)10-16(21(25)26)22(27)28-2/h4-7,10,13-14,19H,3,8-9,11-12H2,1-2H3/t13-,14-,19-,23+/m1/s1. The van der Waals surface area contributed by atoms with E-state index in [0.29, 0.717) is 17.9 Å². The number of fused-ring (bicyclic) bond motifs is 4. The number of carbonyl (C=O) groups is 1. The summed E-state index contributed by atoms with van der Waals surface area (Å²) in [5.41, 5.74) is 4.40. The van der Waals surface area contributed by atoms with E-state index < -0.39 is 5.97 Å². The molecule has 6 rings (SSSR count). The normalized spacial score (nSPS) is 31.4. The molecule has 0 unspecified atom stereocenters.